The Morgan fingerprint density at radius 2 is 1.71 bits per heavy atom. The highest BCUT2D eigenvalue weighted by molar-refractivity contribution is 4.91. The van der Waals surface area contributed by atoms with Crippen LogP contribution in [0.5, 0.6) is 0 Å². The average Bonchev–Trinajstić information content (AvgIpc) is 2.41. The molecule has 2 heteroatoms. The van der Waals surface area contributed by atoms with Gasteiger partial charge in [0.15, 0.2) is 0 Å². The predicted molar refractivity (Wildman–Crippen MR) is 76.4 cm³/mol. The maximum atomic E-state index is 3.64. The summed E-state index contributed by atoms with van der Waals surface area (Å²) in [6.45, 7) is 19.8. The van der Waals surface area contributed by atoms with Crippen LogP contribution < -0.4 is 5.32 Å². The van der Waals surface area contributed by atoms with E-state index in [0.717, 1.165) is 6.54 Å². The molecule has 0 bridgehead atoms. The first-order valence-electron chi connectivity index (χ1n) is 7.02. The Bertz CT molecular complexity index is 248. The van der Waals surface area contributed by atoms with Crippen LogP contribution >= 0.6 is 0 Å². The Balaban J connectivity index is 2.49. The van der Waals surface area contributed by atoms with Gasteiger partial charge in [-0.15, -0.1) is 0 Å². The van der Waals surface area contributed by atoms with Crippen molar-refractivity contribution < 1.29 is 0 Å². The predicted octanol–water partition coefficient (Wildman–Crippen LogP) is 3.28. The van der Waals surface area contributed by atoms with Crippen LogP contribution in [0.3, 0.4) is 0 Å². The van der Waals surface area contributed by atoms with Gasteiger partial charge in [0.05, 0.1) is 0 Å². The standard InChI is InChI=1S/C15H32N2/c1-13(2,3)16-11-14(4,5)12-17-10-8-9-15(17,6)7/h16H,8-12H2,1-7H3. The van der Waals surface area contributed by atoms with E-state index in [1.165, 1.54) is 25.9 Å². The first-order valence-corrected chi connectivity index (χ1v) is 7.02. The Kier molecular flexibility index (Phi) is 4.31. The first kappa shape index (κ1) is 15.0. The van der Waals surface area contributed by atoms with Crippen molar-refractivity contribution >= 4 is 0 Å². The first-order chi connectivity index (χ1) is 7.52. The number of rotatable bonds is 4. The van der Waals surface area contributed by atoms with Crippen LogP contribution in [0.15, 0.2) is 0 Å². The summed E-state index contributed by atoms with van der Waals surface area (Å²) in [6.07, 6.45) is 2.70. The van der Waals surface area contributed by atoms with E-state index in [9.17, 15) is 0 Å². The van der Waals surface area contributed by atoms with Gasteiger partial charge in [-0.05, 0) is 59.4 Å². The number of hydrogen-bond acceptors (Lipinski definition) is 2. The van der Waals surface area contributed by atoms with Crippen LogP contribution in [0.4, 0.5) is 0 Å². The van der Waals surface area contributed by atoms with Crippen LogP contribution in [0.1, 0.15) is 61.3 Å². The molecule has 0 atom stereocenters. The molecular weight excluding hydrogens is 208 g/mol. The van der Waals surface area contributed by atoms with Gasteiger partial charge >= 0.3 is 0 Å². The van der Waals surface area contributed by atoms with Crippen molar-refractivity contribution in [2.45, 2.75) is 72.4 Å². The Morgan fingerprint density at radius 1 is 1.12 bits per heavy atom. The summed E-state index contributed by atoms with van der Waals surface area (Å²) in [5.41, 5.74) is 0.964. The van der Waals surface area contributed by atoms with Gasteiger partial charge in [0.1, 0.15) is 0 Å². The SMILES string of the molecule is CC(C)(CNC(C)(C)C)CN1CCCC1(C)C. The minimum Gasteiger partial charge on any atom is -0.311 e. The van der Waals surface area contributed by atoms with Crippen molar-refractivity contribution in [2.24, 2.45) is 5.41 Å². The van der Waals surface area contributed by atoms with E-state index in [1.807, 2.05) is 0 Å². The summed E-state index contributed by atoms with van der Waals surface area (Å²) in [6, 6.07) is 0. The van der Waals surface area contributed by atoms with Gasteiger partial charge in [-0.3, -0.25) is 4.90 Å². The maximum absolute atomic E-state index is 3.64. The van der Waals surface area contributed by atoms with Gasteiger partial charge in [-0.2, -0.15) is 0 Å². The molecule has 0 spiro atoms. The highest BCUT2D eigenvalue weighted by atomic mass is 15.2. The monoisotopic (exact) mass is 240 g/mol. The highest BCUT2D eigenvalue weighted by Crippen LogP contribution is 2.31. The van der Waals surface area contributed by atoms with Gasteiger partial charge in [0, 0.05) is 24.2 Å². The third-order valence-corrected chi connectivity index (χ3v) is 3.79. The van der Waals surface area contributed by atoms with Gasteiger partial charge < -0.3 is 5.32 Å². The van der Waals surface area contributed by atoms with Gasteiger partial charge in [0.25, 0.3) is 0 Å². The maximum Gasteiger partial charge on any atom is 0.0153 e. The molecule has 0 aliphatic carbocycles. The van der Waals surface area contributed by atoms with E-state index < -0.39 is 0 Å². The van der Waals surface area contributed by atoms with Crippen LogP contribution in [-0.2, 0) is 0 Å². The fraction of sp³-hybridized carbons (Fsp3) is 1.00. The largest absolute Gasteiger partial charge is 0.311 e. The van der Waals surface area contributed by atoms with Crippen LogP contribution in [0.2, 0.25) is 0 Å². The minimum atomic E-state index is 0.220. The van der Waals surface area contributed by atoms with Crippen molar-refractivity contribution in [2.75, 3.05) is 19.6 Å². The fourth-order valence-corrected chi connectivity index (χ4v) is 2.53. The Hall–Kier alpha value is -0.0800. The highest BCUT2D eigenvalue weighted by Gasteiger charge is 2.35. The fourth-order valence-electron chi connectivity index (χ4n) is 2.53. The lowest BCUT2D eigenvalue weighted by molar-refractivity contribution is 0.108. The molecule has 0 aromatic heterocycles. The summed E-state index contributed by atoms with van der Waals surface area (Å²) in [5.74, 6) is 0. The van der Waals surface area contributed by atoms with E-state index in [2.05, 4.69) is 58.7 Å². The molecule has 2 nitrogen and oxygen atoms in total. The number of nitrogens with one attached hydrogen (secondary N) is 1. The lowest BCUT2D eigenvalue weighted by atomic mass is 9.89. The molecule has 1 aliphatic heterocycles. The number of nitrogens with zero attached hydrogens (tertiary/aromatic N) is 1. The lowest BCUT2D eigenvalue weighted by Crippen LogP contribution is -2.49. The molecule has 1 N–H and O–H groups in total. The van der Waals surface area contributed by atoms with Crippen molar-refractivity contribution in [3.05, 3.63) is 0 Å². The van der Waals surface area contributed by atoms with Crippen LogP contribution in [0.25, 0.3) is 0 Å². The van der Waals surface area contributed by atoms with Gasteiger partial charge in [0.2, 0.25) is 0 Å². The summed E-state index contributed by atoms with van der Waals surface area (Å²) >= 11 is 0. The molecule has 1 aliphatic rings. The molecule has 1 saturated heterocycles. The zero-order valence-electron chi connectivity index (χ0n) is 13.0. The molecule has 1 rings (SSSR count). The zero-order chi connectivity index (χ0) is 13.3. The molecule has 0 aromatic carbocycles. The summed E-state index contributed by atoms with van der Waals surface area (Å²) in [7, 11) is 0. The van der Waals surface area contributed by atoms with Gasteiger partial charge in [-0.25, -0.2) is 0 Å². The van der Waals surface area contributed by atoms with Crippen molar-refractivity contribution in [1.29, 1.82) is 0 Å². The molecule has 0 unspecified atom stereocenters. The molecule has 0 amide bonds. The van der Waals surface area contributed by atoms with Crippen molar-refractivity contribution in [1.82, 2.24) is 10.2 Å². The third kappa shape index (κ3) is 4.97. The molecule has 0 aromatic rings. The van der Waals surface area contributed by atoms with E-state index in [1.54, 1.807) is 0 Å². The summed E-state index contributed by atoms with van der Waals surface area (Å²) in [5, 5.41) is 3.64. The number of likely N-dealkylation sites (tertiary alicyclic amines) is 1. The topological polar surface area (TPSA) is 15.3 Å². The van der Waals surface area contributed by atoms with E-state index in [-0.39, 0.29) is 5.54 Å². The molecule has 102 valence electrons. The van der Waals surface area contributed by atoms with E-state index >= 15 is 0 Å². The normalized spacial score (nSPS) is 22.1. The van der Waals surface area contributed by atoms with Crippen molar-refractivity contribution in [3.8, 4) is 0 Å². The molecule has 0 saturated carbocycles. The molecule has 1 heterocycles. The summed E-state index contributed by atoms with van der Waals surface area (Å²) < 4.78 is 0. The van der Waals surface area contributed by atoms with Crippen LogP contribution in [-0.4, -0.2) is 35.6 Å². The third-order valence-electron chi connectivity index (χ3n) is 3.79. The minimum absolute atomic E-state index is 0.220. The van der Waals surface area contributed by atoms with E-state index in [0.29, 0.717) is 11.0 Å². The van der Waals surface area contributed by atoms with Crippen LogP contribution in [0, 0.1) is 5.41 Å². The molecule has 1 fully saturated rings. The molecule has 0 radical (unpaired) electrons. The quantitative estimate of drug-likeness (QED) is 0.811. The lowest BCUT2D eigenvalue weighted by Gasteiger charge is -2.39. The smallest absolute Gasteiger partial charge is 0.0153 e. The second-order valence-electron chi connectivity index (χ2n) is 8.11. The van der Waals surface area contributed by atoms with E-state index in [4.69, 9.17) is 0 Å². The average molecular weight is 240 g/mol. The number of hydrogen-bond donors (Lipinski definition) is 1. The Labute approximate surface area is 108 Å². The molecular formula is C15H32N2. The second kappa shape index (κ2) is 4.89. The Morgan fingerprint density at radius 3 is 2.12 bits per heavy atom. The second-order valence-corrected chi connectivity index (χ2v) is 8.11. The zero-order valence-corrected chi connectivity index (χ0v) is 13.0. The van der Waals surface area contributed by atoms with Crippen molar-refractivity contribution in [3.63, 3.8) is 0 Å². The van der Waals surface area contributed by atoms with Gasteiger partial charge in [-0.1, -0.05) is 13.8 Å². The molecule has 17 heavy (non-hydrogen) atoms. The summed E-state index contributed by atoms with van der Waals surface area (Å²) in [4.78, 5) is 2.66.